The maximum atomic E-state index is 12.9. The quantitative estimate of drug-likeness (QED) is 0.784. The van der Waals surface area contributed by atoms with Crippen LogP contribution in [-0.2, 0) is 0 Å². The van der Waals surface area contributed by atoms with Gasteiger partial charge in [-0.05, 0) is 38.3 Å². The lowest BCUT2D eigenvalue weighted by atomic mass is 10.1. The molecule has 0 bridgehead atoms. The van der Waals surface area contributed by atoms with Crippen LogP contribution in [0.4, 0.5) is 11.6 Å². The van der Waals surface area contributed by atoms with Crippen molar-refractivity contribution in [2.75, 3.05) is 56.2 Å². The monoisotopic (exact) mass is 396 g/mol. The van der Waals surface area contributed by atoms with E-state index in [4.69, 9.17) is 4.74 Å². The van der Waals surface area contributed by atoms with Gasteiger partial charge in [0.05, 0.1) is 7.11 Å². The van der Waals surface area contributed by atoms with Crippen LogP contribution < -0.4 is 14.5 Å². The molecule has 0 saturated carbocycles. The maximum Gasteiger partial charge on any atom is 0.259 e. The summed E-state index contributed by atoms with van der Waals surface area (Å²) in [6.07, 6.45) is 5.37. The zero-order valence-electron chi connectivity index (χ0n) is 17.2. The van der Waals surface area contributed by atoms with Crippen LogP contribution in [0.5, 0.6) is 5.88 Å². The third kappa shape index (κ3) is 4.26. The molecule has 0 unspecified atom stereocenters. The number of hydrogen-bond acceptors (Lipinski definition) is 7. The first-order valence-electron chi connectivity index (χ1n) is 10.3. The summed E-state index contributed by atoms with van der Waals surface area (Å²) in [6, 6.07) is 5.62. The van der Waals surface area contributed by atoms with E-state index >= 15 is 0 Å². The lowest BCUT2D eigenvalue weighted by Gasteiger charge is -2.36. The fourth-order valence-electron chi connectivity index (χ4n) is 4.01. The van der Waals surface area contributed by atoms with Gasteiger partial charge in [0, 0.05) is 51.5 Å². The Morgan fingerprint density at radius 1 is 0.966 bits per heavy atom. The van der Waals surface area contributed by atoms with E-state index < -0.39 is 0 Å². The number of methoxy groups -OCH3 is 1. The number of ether oxygens (including phenoxy) is 1. The van der Waals surface area contributed by atoms with Gasteiger partial charge in [-0.1, -0.05) is 0 Å². The van der Waals surface area contributed by atoms with Crippen molar-refractivity contribution in [3.8, 4) is 5.88 Å². The molecule has 2 fully saturated rings. The molecule has 4 heterocycles. The second-order valence-corrected chi connectivity index (χ2v) is 7.52. The van der Waals surface area contributed by atoms with Crippen molar-refractivity contribution < 1.29 is 9.53 Å². The lowest BCUT2D eigenvalue weighted by molar-refractivity contribution is 0.0742. The van der Waals surface area contributed by atoms with Crippen molar-refractivity contribution in [1.82, 2.24) is 19.9 Å². The number of anilines is 2. The van der Waals surface area contributed by atoms with Crippen molar-refractivity contribution in [2.45, 2.75) is 26.2 Å². The van der Waals surface area contributed by atoms with Gasteiger partial charge in [-0.3, -0.25) is 4.79 Å². The first-order valence-corrected chi connectivity index (χ1v) is 10.3. The van der Waals surface area contributed by atoms with Crippen molar-refractivity contribution in [3.05, 3.63) is 35.8 Å². The topological polar surface area (TPSA) is 74.7 Å². The molecule has 2 aromatic heterocycles. The molecule has 29 heavy (non-hydrogen) atoms. The van der Waals surface area contributed by atoms with Crippen LogP contribution in [0.2, 0.25) is 0 Å². The number of rotatable bonds is 4. The largest absolute Gasteiger partial charge is 0.480 e. The molecule has 0 spiro atoms. The third-order valence-electron chi connectivity index (χ3n) is 5.58. The number of aromatic nitrogens is 3. The predicted molar refractivity (Wildman–Crippen MR) is 112 cm³/mol. The number of amides is 1. The molecule has 0 N–H and O–H groups in total. The molecule has 1 amide bonds. The highest BCUT2D eigenvalue weighted by Gasteiger charge is 2.26. The van der Waals surface area contributed by atoms with E-state index in [0.717, 1.165) is 43.6 Å². The van der Waals surface area contributed by atoms with Crippen LogP contribution >= 0.6 is 0 Å². The molecule has 2 aromatic rings. The van der Waals surface area contributed by atoms with Crippen LogP contribution in [0.1, 0.15) is 35.4 Å². The standard InChI is InChI=1S/C21H28N6O2/c1-16-23-18(25-9-4-3-5-10-25)15-19(24-16)26-11-13-27(14-12-26)21(28)17-7-6-8-22-20(17)29-2/h6-8,15H,3-5,9-14H2,1-2H3. The molecular weight excluding hydrogens is 368 g/mol. The van der Waals surface area contributed by atoms with Gasteiger partial charge in [-0.25, -0.2) is 15.0 Å². The lowest BCUT2D eigenvalue weighted by Crippen LogP contribution is -2.49. The molecule has 8 nitrogen and oxygen atoms in total. The van der Waals surface area contributed by atoms with E-state index in [1.807, 2.05) is 11.8 Å². The van der Waals surface area contributed by atoms with Gasteiger partial charge in [0.1, 0.15) is 23.0 Å². The van der Waals surface area contributed by atoms with Gasteiger partial charge < -0.3 is 19.4 Å². The van der Waals surface area contributed by atoms with E-state index in [-0.39, 0.29) is 5.91 Å². The van der Waals surface area contributed by atoms with Crippen LogP contribution in [0.15, 0.2) is 24.4 Å². The molecular formula is C21H28N6O2. The van der Waals surface area contributed by atoms with Crippen LogP contribution in [-0.4, -0.2) is 72.1 Å². The fourth-order valence-corrected chi connectivity index (χ4v) is 4.01. The summed E-state index contributed by atoms with van der Waals surface area (Å²) in [6.45, 7) is 6.83. The summed E-state index contributed by atoms with van der Waals surface area (Å²) < 4.78 is 5.24. The van der Waals surface area contributed by atoms with Gasteiger partial charge in [0.25, 0.3) is 5.91 Å². The average Bonchev–Trinajstić information content (AvgIpc) is 2.79. The summed E-state index contributed by atoms with van der Waals surface area (Å²) in [4.78, 5) is 32.8. The number of hydrogen-bond donors (Lipinski definition) is 0. The van der Waals surface area contributed by atoms with Gasteiger partial charge >= 0.3 is 0 Å². The minimum atomic E-state index is -0.0394. The summed E-state index contributed by atoms with van der Waals surface area (Å²) in [7, 11) is 1.54. The molecule has 2 saturated heterocycles. The first-order chi connectivity index (χ1) is 14.2. The van der Waals surface area contributed by atoms with Gasteiger partial charge in [0.2, 0.25) is 5.88 Å². The summed E-state index contributed by atoms with van der Waals surface area (Å²) >= 11 is 0. The van der Waals surface area contributed by atoms with Crippen LogP contribution in [0, 0.1) is 6.92 Å². The van der Waals surface area contributed by atoms with Crippen LogP contribution in [0.25, 0.3) is 0 Å². The van der Waals surface area contributed by atoms with E-state index in [2.05, 4.69) is 30.8 Å². The minimum absolute atomic E-state index is 0.0394. The number of nitrogens with zero attached hydrogens (tertiary/aromatic N) is 6. The molecule has 4 rings (SSSR count). The predicted octanol–water partition coefficient (Wildman–Crippen LogP) is 2.14. The number of piperazine rings is 1. The molecule has 0 radical (unpaired) electrons. The highest BCUT2D eigenvalue weighted by Crippen LogP contribution is 2.24. The molecule has 2 aliphatic rings. The second-order valence-electron chi connectivity index (χ2n) is 7.52. The number of aryl methyl sites for hydroxylation is 1. The minimum Gasteiger partial charge on any atom is -0.480 e. The summed E-state index contributed by atoms with van der Waals surface area (Å²) in [5, 5.41) is 0. The highest BCUT2D eigenvalue weighted by molar-refractivity contribution is 5.96. The first kappa shape index (κ1) is 19.4. The van der Waals surface area contributed by atoms with E-state index in [9.17, 15) is 4.79 Å². The SMILES string of the molecule is COc1ncccc1C(=O)N1CCN(c2cc(N3CCCCC3)nc(C)n2)CC1. The van der Waals surface area contributed by atoms with E-state index in [1.165, 1.54) is 26.4 Å². The van der Waals surface area contributed by atoms with Crippen LogP contribution in [0.3, 0.4) is 0 Å². The Morgan fingerprint density at radius 3 is 2.28 bits per heavy atom. The van der Waals surface area contributed by atoms with Crippen molar-refractivity contribution in [2.24, 2.45) is 0 Å². The molecule has 154 valence electrons. The highest BCUT2D eigenvalue weighted by atomic mass is 16.5. The smallest absolute Gasteiger partial charge is 0.259 e. The Hall–Kier alpha value is -2.90. The number of carbonyl (C=O) groups excluding carboxylic acids is 1. The van der Waals surface area contributed by atoms with Crippen molar-refractivity contribution >= 4 is 17.5 Å². The number of pyridine rings is 1. The normalized spacial score (nSPS) is 17.4. The summed E-state index contributed by atoms with van der Waals surface area (Å²) in [5.41, 5.74) is 0.508. The van der Waals surface area contributed by atoms with Gasteiger partial charge in [-0.15, -0.1) is 0 Å². The molecule has 8 heteroatoms. The van der Waals surface area contributed by atoms with E-state index in [0.29, 0.717) is 24.5 Å². The van der Waals surface area contributed by atoms with E-state index in [1.54, 1.807) is 18.3 Å². The van der Waals surface area contributed by atoms with Crippen molar-refractivity contribution in [3.63, 3.8) is 0 Å². The van der Waals surface area contributed by atoms with Gasteiger partial charge in [-0.2, -0.15) is 0 Å². The zero-order chi connectivity index (χ0) is 20.2. The molecule has 0 atom stereocenters. The van der Waals surface area contributed by atoms with Gasteiger partial charge in [0.15, 0.2) is 0 Å². The number of carbonyl (C=O) groups is 1. The third-order valence-corrected chi connectivity index (χ3v) is 5.58. The Bertz CT molecular complexity index is 860. The second kappa shape index (κ2) is 8.63. The molecule has 0 aromatic carbocycles. The number of piperidine rings is 1. The Kier molecular flexibility index (Phi) is 5.78. The summed E-state index contributed by atoms with van der Waals surface area (Å²) in [5.74, 6) is 3.09. The molecule has 0 aliphatic carbocycles. The maximum absolute atomic E-state index is 12.9. The zero-order valence-corrected chi connectivity index (χ0v) is 17.2. The van der Waals surface area contributed by atoms with Crippen molar-refractivity contribution in [1.29, 1.82) is 0 Å². The average molecular weight is 396 g/mol. The molecule has 2 aliphatic heterocycles. The Balaban J connectivity index is 1.44. The Morgan fingerprint density at radius 2 is 1.62 bits per heavy atom. The Labute approximate surface area is 171 Å². The fraction of sp³-hybridized carbons (Fsp3) is 0.524.